The molecule has 6 heteroatoms. The van der Waals surface area contributed by atoms with Gasteiger partial charge in [0, 0.05) is 18.0 Å². The molecular formula is C14H14BrNO3S. The summed E-state index contributed by atoms with van der Waals surface area (Å²) in [5, 5.41) is 13.4. The van der Waals surface area contributed by atoms with Crippen LogP contribution in [0.1, 0.15) is 16.5 Å². The van der Waals surface area contributed by atoms with E-state index in [0.717, 1.165) is 21.6 Å². The van der Waals surface area contributed by atoms with E-state index in [1.807, 2.05) is 24.3 Å². The molecule has 1 aliphatic rings. The van der Waals surface area contributed by atoms with Crippen molar-refractivity contribution < 1.29 is 14.6 Å². The van der Waals surface area contributed by atoms with Crippen LogP contribution in [0.15, 0.2) is 34.1 Å². The fourth-order valence-electron chi connectivity index (χ4n) is 2.02. The predicted molar refractivity (Wildman–Crippen MR) is 81.3 cm³/mol. The van der Waals surface area contributed by atoms with E-state index < -0.39 is 6.10 Å². The molecule has 1 atom stereocenters. The Kier molecular flexibility index (Phi) is 4.26. The van der Waals surface area contributed by atoms with Crippen LogP contribution >= 0.6 is 27.3 Å². The second kappa shape index (κ2) is 6.13. The van der Waals surface area contributed by atoms with Crippen LogP contribution in [0.5, 0.6) is 11.5 Å². The first-order valence-electron chi connectivity index (χ1n) is 6.25. The molecule has 0 saturated carbocycles. The van der Waals surface area contributed by atoms with Gasteiger partial charge in [-0.2, -0.15) is 0 Å². The average Bonchev–Trinajstić information content (AvgIpc) is 3.06. The van der Waals surface area contributed by atoms with Crippen LogP contribution < -0.4 is 14.8 Å². The Morgan fingerprint density at radius 1 is 1.25 bits per heavy atom. The van der Waals surface area contributed by atoms with Gasteiger partial charge in [0.05, 0.1) is 9.89 Å². The Bertz CT molecular complexity index is 602. The van der Waals surface area contributed by atoms with Crippen molar-refractivity contribution in [1.82, 2.24) is 5.32 Å². The minimum Gasteiger partial charge on any atom is -0.454 e. The number of hydrogen-bond acceptors (Lipinski definition) is 5. The minimum atomic E-state index is -0.562. The number of nitrogens with one attached hydrogen (secondary N) is 1. The lowest BCUT2D eigenvalue weighted by Crippen LogP contribution is -2.20. The monoisotopic (exact) mass is 355 g/mol. The summed E-state index contributed by atoms with van der Waals surface area (Å²) in [6.45, 7) is 1.49. The maximum atomic E-state index is 10.2. The summed E-state index contributed by atoms with van der Waals surface area (Å²) in [4.78, 5) is 1.23. The summed E-state index contributed by atoms with van der Waals surface area (Å²) in [6, 6.07) is 9.61. The molecule has 0 amide bonds. The van der Waals surface area contributed by atoms with Crippen molar-refractivity contribution in [1.29, 1.82) is 0 Å². The average molecular weight is 356 g/mol. The number of ether oxygens (including phenoxy) is 2. The van der Waals surface area contributed by atoms with Crippen LogP contribution in [-0.4, -0.2) is 18.4 Å². The lowest BCUT2D eigenvalue weighted by molar-refractivity contribution is 0.170. The van der Waals surface area contributed by atoms with Crippen molar-refractivity contribution in [2.45, 2.75) is 12.6 Å². The molecule has 106 valence electrons. The zero-order valence-electron chi connectivity index (χ0n) is 10.6. The summed E-state index contributed by atoms with van der Waals surface area (Å²) in [5.74, 6) is 1.43. The number of aliphatic hydroxyl groups excluding tert-OH is 1. The Labute approximate surface area is 129 Å². The molecule has 2 heterocycles. The Morgan fingerprint density at radius 3 is 2.90 bits per heavy atom. The number of benzene rings is 1. The maximum Gasteiger partial charge on any atom is 0.231 e. The highest BCUT2D eigenvalue weighted by Gasteiger charge is 2.16. The van der Waals surface area contributed by atoms with Crippen molar-refractivity contribution in [3.63, 3.8) is 0 Å². The van der Waals surface area contributed by atoms with Gasteiger partial charge in [-0.05, 0) is 45.8 Å². The molecule has 1 unspecified atom stereocenters. The van der Waals surface area contributed by atoms with Crippen LogP contribution in [0.25, 0.3) is 0 Å². The van der Waals surface area contributed by atoms with Gasteiger partial charge in [-0.25, -0.2) is 0 Å². The molecule has 0 spiro atoms. The third kappa shape index (κ3) is 3.15. The highest BCUT2D eigenvalue weighted by atomic mass is 79.9. The van der Waals surface area contributed by atoms with Crippen LogP contribution in [0.3, 0.4) is 0 Å². The number of thiophene rings is 1. The molecule has 20 heavy (non-hydrogen) atoms. The van der Waals surface area contributed by atoms with Crippen molar-refractivity contribution in [2.75, 3.05) is 13.3 Å². The van der Waals surface area contributed by atoms with Gasteiger partial charge in [-0.1, -0.05) is 6.07 Å². The number of halogens is 1. The molecule has 0 fully saturated rings. The fraction of sp³-hybridized carbons (Fsp3) is 0.286. The minimum absolute atomic E-state index is 0.250. The van der Waals surface area contributed by atoms with E-state index in [0.29, 0.717) is 12.3 Å². The van der Waals surface area contributed by atoms with Gasteiger partial charge >= 0.3 is 0 Å². The van der Waals surface area contributed by atoms with Gasteiger partial charge < -0.3 is 19.9 Å². The van der Waals surface area contributed by atoms with E-state index in [1.165, 1.54) is 4.88 Å². The number of fused-ring (bicyclic) bond motifs is 1. The zero-order valence-corrected chi connectivity index (χ0v) is 13.0. The van der Waals surface area contributed by atoms with Gasteiger partial charge in [0.15, 0.2) is 11.5 Å². The first-order valence-corrected chi connectivity index (χ1v) is 7.86. The van der Waals surface area contributed by atoms with Crippen molar-refractivity contribution >= 4 is 27.3 Å². The fourth-order valence-corrected chi connectivity index (χ4v) is 3.47. The second-order valence-electron chi connectivity index (χ2n) is 4.47. The topological polar surface area (TPSA) is 50.7 Å². The summed E-state index contributed by atoms with van der Waals surface area (Å²) in [7, 11) is 0. The third-order valence-corrected chi connectivity index (χ3v) is 4.67. The standard InChI is InChI=1S/C14H14BrNO3S/c15-14-4-2-10(20-14)6-16-7-11(17)9-1-3-12-13(5-9)19-8-18-12/h1-5,11,16-17H,6-8H2. The molecule has 0 bridgehead atoms. The maximum absolute atomic E-state index is 10.2. The molecule has 2 aromatic rings. The number of aliphatic hydroxyl groups is 1. The van der Waals surface area contributed by atoms with Crippen LogP contribution in [-0.2, 0) is 6.54 Å². The summed E-state index contributed by atoms with van der Waals surface area (Å²) in [5.41, 5.74) is 0.828. The molecule has 4 nitrogen and oxygen atoms in total. The van der Waals surface area contributed by atoms with Gasteiger partial charge in [-0.15, -0.1) is 11.3 Å². The Hall–Kier alpha value is -1.08. The molecule has 0 radical (unpaired) electrons. The van der Waals surface area contributed by atoms with Crippen molar-refractivity contribution in [3.05, 3.63) is 44.6 Å². The van der Waals surface area contributed by atoms with Crippen molar-refractivity contribution in [2.24, 2.45) is 0 Å². The van der Waals surface area contributed by atoms with Crippen molar-refractivity contribution in [3.8, 4) is 11.5 Å². The van der Waals surface area contributed by atoms with E-state index >= 15 is 0 Å². The molecule has 0 saturated heterocycles. The van der Waals surface area contributed by atoms with Crippen LogP contribution in [0, 0.1) is 0 Å². The van der Waals surface area contributed by atoms with E-state index in [-0.39, 0.29) is 6.79 Å². The van der Waals surface area contributed by atoms with Gasteiger partial charge in [0.25, 0.3) is 0 Å². The lowest BCUT2D eigenvalue weighted by Gasteiger charge is -2.12. The quantitative estimate of drug-likeness (QED) is 0.865. The third-order valence-electron chi connectivity index (χ3n) is 3.05. The molecule has 2 N–H and O–H groups in total. The number of rotatable bonds is 5. The summed E-state index contributed by atoms with van der Waals surface area (Å²) < 4.78 is 11.7. The Balaban J connectivity index is 1.55. The Morgan fingerprint density at radius 2 is 2.10 bits per heavy atom. The molecular weight excluding hydrogens is 342 g/mol. The lowest BCUT2D eigenvalue weighted by atomic mass is 10.1. The molecule has 3 rings (SSSR count). The van der Waals surface area contributed by atoms with Crippen LogP contribution in [0.4, 0.5) is 0 Å². The largest absolute Gasteiger partial charge is 0.454 e. The first-order chi connectivity index (χ1) is 9.72. The summed E-state index contributed by atoms with van der Waals surface area (Å²) in [6.07, 6.45) is -0.562. The van der Waals surface area contributed by atoms with Gasteiger partial charge in [0.2, 0.25) is 6.79 Å². The SMILES string of the molecule is OC(CNCc1ccc(Br)s1)c1ccc2c(c1)OCO2. The van der Waals surface area contributed by atoms with Gasteiger partial charge in [-0.3, -0.25) is 0 Å². The molecule has 1 aromatic carbocycles. The molecule has 0 aliphatic carbocycles. The van der Waals surface area contributed by atoms with E-state index in [4.69, 9.17) is 9.47 Å². The smallest absolute Gasteiger partial charge is 0.231 e. The summed E-state index contributed by atoms with van der Waals surface area (Å²) >= 11 is 5.12. The highest BCUT2D eigenvalue weighted by molar-refractivity contribution is 9.11. The normalized spacial score (nSPS) is 14.5. The zero-order chi connectivity index (χ0) is 13.9. The van der Waals surface area contributed by atoms with Crippen LogP contribution in [0.2, 0.25) is 0 Å². The predicted octanol–water partition coefficient (Wildman–Crippen LogP) is 3.06. The number of hydrogen-bond donors (Lipinski definition) is 2. The highest BCUT2D eigenvalue weighted by Crippen LogP contribution is 2.34. The van der Waals surface area contributed by atoms with E-state index in [1.54, 1.807) is 11.3 Å². The second-order valence-corrected chi connectivity index (χ2v) is 7.01. The molecule has 1 aliphatic heterocycles. The van der Waals surface area contributed by atoms with Gasteiger partial charge in [0.1, 0.15) is 0 Å². The van der Waals surface area contributed by atoms with E-state index in [2.05, 4.69) is 27.3 Å². The first kappa shape index (κ1) is 13.9. The van der Waals surface area contributed by atoms with E-state index in [9.17, 15) is 5.11 Å². The molecule has 1 aromatic heterocycles.